The Bertz CT molecular complexity index is 294. The maximum absolute atomic E-state index is 3.99. The molecule has 0 spiro atoms. The van der Waals surface area contributed by atoms with Gasteiger partial charge in [-0.05, 0) is 18.2 Å². The fourth-order valence-electron chi connectivity index (χ4n) is 0.825. The lowest BCUT2D eigenvalue weighted by atomic mass is 10.4. The first kappa shape index (κ1) is 10.3. The van der Waals surface area contributed by atoms with Crippen molar-refractivity contribution in [1.29, 1.82) is 0 Å². The summed E-state index contributed by atoms with van der Waals surface area (Å²) >= 11 is 0. The second kappa shape index (κ2) is 6.71. The van der Waals surface area contributed by atoms with E-state index in [1.54, 1.807) is 24.8 Å². The van der Waals surface area contributed by atoms with Crippen molar-refractivity contribution in [3.63, 3.8) is 0 Å². The standard InChI is InChI=1S/C6H8N2.C5H5N/c1-2-6-7-4-3-5-8-6;1-2-4-6-5-3-1/h3-5H,2H2,1H3;1-5H. The highest BCUT2D eigenvalue weighted by atomic mass is 14.8. The molecule has 72 valence electrons. The molecule has 0 radical (unpaired) electrons. The van der Waals surface area contributed by atoms with Gasteiger partial charge in [-0.3, -0.25) is 4.98 Å². The molecule has 0 saturated heterocycles. The minimum atomic E-state index is 0.910. The normalized spacial score (nSPS) is 8.64. The molecule has 3 nitrogen and oxygen atoms in total. The Morgan fingerprint density at radius 1 is 0.857 bits per heavy atom. The molecule has 0 bridgehead atoms. The van der Waals surface area contributed by atoms with Crippen LogP contribution in [0.1, 0.15) is 12.7 Å². The van der Waals surface area contributed by atoms with E-state index in [0.717, 1.165) is 12.2 Å². The van der Waals surface area contributed by atoms with E-state index in [2.05, 4.69) is 15.0 Å². The van der Waals surface area contributed by atoms with E-state index in [0.29, 0.717) is 0 Å². The molecule has 2 rings (SSSR count). The van der Waals surface area contributed by atoms with Gasteiger partial charge in [-0.15, -0.1) is 0 Å². The van der Waals surface area contributed by atoms with Crippen molar-refractivity contribution in [2.75, 3.05) is 0 Å². The second-order valence-corrected chi connectivity index (χ2v) is 2.54. The summed E-state index contributed by atoms with van der Waals surface area (Å²) in [6.07, 6.45) is 7.93. The van der Waals surface area contributed by atoms with E-state index < -0.39 is 0 Å². The largest absolute Gasteiger partial charge is 0.265 e. The maximum Gasteiger partial charge on any atom is 0.127 e. The molecule has 0 aliphatic carbocycles. The first-order valence-corrected chi connectivity index (χ1v) is 4.54. The van der Waals surface area contributed by atoms with Crippen LogP contribution in [-0.2, 0) is 6.42 Å². The molecule has 3 heteroatoms. The van der Waals surface area contributed by atoms with Crippen molar-refractivity contribution >= 4 is 0 Å². The van der Waals surface area contributed by atoms with Gasteiger partial charge in [0.05, 0.1) is 0 Å². The molecule has 0 aliphatic heterocycles. The van der Waals surface area contributed by atoms with Crippen molar-refractivity contribution in [3.8, 4) is 0 Å². The maximum atomic E-state index is 3.99. The molecule has 0 aromatic carbocycles. The highest BCUT2D eigenvalue weighted by Crippen LogP contribution is 1.85. The fourth-order valence-corrected chi connectivity index (χ4v) is 0.825. The number of aryl methyl sites for hydroxylation is 1. The van der Waals surface area contributed by atoms with E-state index in [1.807, 2.05) is 31.2 Å². The highest BCUT2D eigenvalue weighted by molar-refractivity contribution is 4.88. The van der Waals surface area contributed by atoms with Gasteiger partial charge in [0.25, 0.3) is 0 Å². The first-order chi connectivity index (χ1) is 6.93. The van der Waals surface area contributed by atoms with Crippen LogP contribution in [0.2, 0.25) is 0 Å². The summed E-state index contributed by atoms with van der Waals surface area (Å²) in [7, 11) is 0. The molecule has 2 aromatic rings. The van der Waals surface area contributed by atoms with Gasteiger partial charge >= 0.3 is 0 Å². The zero-order valence-corrected chi connectivity index (χ0v) is 8.17. The summed E-state index contributed by atoms with van der Waals surface area (Å²) in [5.74, 6) is 0.910. The van der Waals surface area contributed by atoms with Crippen molar-refractivity contribution in [2.24, 2.45) is 0 Å². The summed E-state index contributed by atoms with van der Waals surface area (Å²) in [5, 5.41) is 0. The zero-order valence-electron chi connectivity index (χ0n) is 8.17. The average Bonchev–Trinajstić information content (AvgIpc) is 2.33. The monoisotopic (exact) mass is 187 g/mol. The Hall–Kier alpha value is -1.77. The van der Waals surface area contributed by atoms with Crippen LogP contribution < -0.4 is 0 Å². The van der Waals surface area contributed by atoms with Crippen LogP contribution in [0.5, 0.6) is 0 Å². The van der Waals surface area contributed by atoms with E-state index >= 15 is 0 Å². The van der Waals surface area contributed by atoms with Gasteiger partial charge in [0.2, 0.25) is 0 Å². The van der Waals surface area contributed by atoms with Gasteiger partial charge in [0.1, 0.15) is 5.82 Å². The van der Waals surface area contributed by atoms with Crippen LogP contribution in [0.15, 0.2) is 49.1 Å². The minimum Gasteiger partial charge on any atom is -0.265 e. The third-order valence-electron chi connectivity index (χ3n) is 1.50. The topological polar surface area (TPSA) is 38.7 Å². The van der Waals surface area contributed by atoms with Gasteiger partial charge in [-0.2, -0.15) is 0 Å². The Morgan fingerprint density at radius 3 is 1.79 bits per heavy atom. The van der Waals surface area contributed by atoms with Gasteiger partial charge in [0.15, 0.2) is 0 Å². The molecule has 0 atom stereocenters. The summed E-state index contributed by atoms with van der Waals surface area (Å²) < 4.78 is 0. The van der Waals surface area contributed by atoms with Crippen LogP contribution in [0.25, 0.3) is 0 Å². The predicted molar refractivity (Wildman–Crippen MR) is 55.6 cm³/mol. The van der Waals surface area contributed by atoms with Crippen LogP contribution in [0.4, 0.5) is 0 Å². The molecular weight excluding hydrogens is 174 g/mol. The molecule has 0 amide bonds. The SMILES string of the molecule is CCc1ncccn1.c1ccncc1. The Labute approximate surface area is 83.9 Å². The van der Waals surface area contributed by atoms with E-state index in [1.165, 1.54) is 0 Å². The number of hydrogen-bond donors (Lipinski definition) is 0. The average molecular weight is 187 g/mol. The van der Waals surface area contributed by atoms with Gasteiger partial charge < -0.3 is 0 Å². The third-order valence-corrected chi connectivity index (χ3v) is 1.50. The minimum absolute atomic E-state index is 0.910. The van der Waals surface area contributed by atoms with E-state index in [-0.39, 0.29) is 0 Å². The number of rotatable bonds is 1. The van der Waals surface area contributed by atoms with Crippen LogP contribution in [-0.4, -0.2) is 15.0 Å². The molecule has 0 N–H and O–H groups in total. The van der Waals surface area contributed by atoms with Gasteiger partial charge in [0, 0.05) is 31.2 Å². The lowest BCUT2D eigenvalue weighted by Crippen LogP contribution is -1.87. The fraction of sp³-hybridized carbons (Fsp3) is 0.182. The lowest BCUT2D eigenvalue weighted by Gasteiger charge is -1.87. The Morgan fingerprint density at radius 2 is 1.50 bits per heavy atom. The highest BCUT2D eigenvalue weighted by Gasteiger charge is 1.83. The molecule has 0 fully saturated rings. The number of aromatic nitrogens is 3. The van der Waals surface area contributed by atoms with Gasteiger partial charge in [-0.25, -0.2) is 9.97 Å². The van der Waals surface area contributed by atoms with Crippen LogP contribution in [0.3, 0.4) is 0 Å². The molecule has 2 aromatic heterocycles. The Balaban J connectivity index is 0.000000146. The van der Waals surface area contributed by atoms with Crippen LogP contribution in [0, 0.1) is 0 Å². The summed E-state index contributed by atoms with van der Waals surface area (Å²) in [5.41, 5.74) is 0. The third kappa shape index (κ3) is 4.30. The van der Waals surface area contributed by atoms with Crippen molar-refractivity contribution in [3.05, 3.63) is 54.9 Å². The van der Waals surface area contributed by atoms with Crippen molar-refractivity contribution < 1.29 is 0 Å². The smallest absolute Gasteiger partial charge is 0.127 e. The van der Waals surface area contributed by atoms with E-state index in [4.69, 9.17) is 0 Å². The zero-order chi connectivity index (χ0) is 10.1. The summed E-state index contributed by atoms with van der Waals surface area (Å²) in [6.45, 7) is 2.04. The van der Waals surface area contributed by atoms with Crippen molar-refractivity contribution in [2.45, 2.75) is 13.3 Å². The summed E-state index contributed by atoms with van der Waals surface area (Å²) in [4.78, 5) is 11.8. The van der Waals surface area contributed by atoms with Crippen molar-refractivity contribution in [1.82, 2.24) is 15.0 Å². The molecule has 0 saturated carbocycles. The number of nitrogens with zero attached hydrogens (tertiary/aromatic N) is 3. The molecule has 2 heterocycles. The molecule has 0 unspecified atom stereocenters. The van der Waals surface area contributed by atoms with Gasteiger partial charge in [-0.1, -0.05) is 13.0 Å². The summed E-state index contributed by atoms with van der Waals surface area (Å²) in [6, 6.07) is 7.53. The van der Waals surface area contributed by atoms with E-state index in [9.17, 15) is 0 Å². The number of hydrogen-bond acceptors (Lipinski definition) is 3. The first-order valence-electron chi connectivity index (χ1n) is 4.54. The molecule has 0 aliphatic rings. The molecular formula is C11H13N3. The number of pyridine rings is 1. The Kier molecular flexibility index (Phi) is 4.95. The quantitative estimate of drug-likeness (QED) is 0.686. The van der Waals surface area contributed by atoms with Crippen LogP contribution >= 0.6 is 0 Å². The molecule has 14 heavy (non-hydrogen) atoms. The second-order valence-electron chi connectivity index (χ2n) is 2.54. The predicted octanol–water partition coefficient (Wildman–Crippen LogP) is 2.12. The lowest BCUT2D eigenvalue weighted by molar-refractivity contribution is 0.939.